The highest BCUT2D eigenvalue weighted by Gasteiger charge is 2.09. The summed E-state index contributed by atoms with van der Waals surface area (Å²) in [6.45, 7) is 2.10. The molecule has 0 aromatic carbocycles. The number of methoxy groups -OCH3 is 1. The molecule has 0 aliphatic rings. The highest BCUT2D eigenvalue weighted by Crippen LogP contribution is 2.16. The molecular formula is C8H11NO2S2. The van der Waals surface area contributed by atoms with E-state index in [-0.39, 0.29) is 5.97 Å². The van der Waals surface area contributed by atoms with Crippen LogP contribution in [0.5, 0.6) is 0 Å². The van der Waals surface area contributed by atoms with Gasteiger partial charge >= 0.3 is 5.97 Å². The van der Waals surface area contributed by atoms with Crippen molar-refractivity contribution in [1.82, 2.24) is 4.98 Å². The van der Waals surface area contributed by atoms with Crippen molar-refractivity contribution >= 4 is 29.1 Å². The number of nitrogens with zero attached hydrogens (tertiary/aromatic N) is 1. The Morgan fingerprint density at radius 1 is 1.77 bits per heavy atom. The monoisotopic (exact) mass is 217 g/mol. The number of carbonyl (C=O) groups is 1. The van der Waals surface area contributed by atoms with Gasteiger partial charge in [-0.1, -0.05) is 6.92 Å². The van der Waals surface area contributed by atoms with Crippen molar-refractivity contribution in [1.29, 1.82) is 0 Å². The first kappa shape index (κ1) is 10.5. The molecule has 1 aromatic heterocycles. The van der Waals surface area contributed by atoms with Gasteiger partial charge in [-0.2, -0.15) is 11.8 Å². The third kappa shape index (κ3) is 3.00. The molecule has 1 rings (SSSR count). The van der Waals surface area contributed by atoms with Gasteiger partial charge in [0.1, 0.15) is 5.01 Å². The number of aromatic nitrogens is 1. The molecule has 0 saturated carbocycles. The lowest BCUT2D eigenvalue weighted by atomic mass is 10.5. The quantitative estimate of drug-likeness (QED) is 0.725. The van der Waals surface area contributed by atoms with Crippen LogP contribution in [-0.4, -0.2) is 23.8 Å². The summed E-state index contributed by atoms with van der Waals surface area (Å²) in [4.78, 5) is 15.2. The number of thioether (sulfide) groups is 1. The Balaban J connectivity index is 2.58. The molecule has 0 atom stereocenters. The van der Waals surface area contributed by atoms with Crippen LogP contribution in [0.4, 0.5) is 0 Å². The lowest BCUT2D eigenvalue weighted by molar-refractivity contribution is 0.0595. The first-order valence-electron chi connectivity index (χ1n) is 3.88. The summed E-state index contributed by atoms with van der Waals surface area (Å²) in [5.41, 5.74) is 0.416. The summed E-state index contributed by atoms with van der Waals surface area (Å²) in [6.07, 6.45) is 0. The van der Waals surface area contributed by atoms with Gasteiger partial charge in [0.05, 0.1) is 7.11 Å². The van der Waals surface area contributed by atoms with E-state index >= 15 is 0 Å². The number of esters is 1. The van der Waals surface area contributed by atoms with E-state index in [4.69, 9.17) is 0 Å². The molecule has 0 unspecified atom stereocenters. The molecule has 1 aromatic rings. The Kier molecular flexibility index (Phi) is 4.24. The lowest BCUT2D eigenvalue weighted by Crippen LogP contribution is -2.01. The highest BCUT2D eigenvalue weighted by molar-refractivity contribution is 7.98. The van der Waals surface area contributed by atoms with Crippen molar-refractivity contribution < 1.29 is 9.53 Å². The van der Waals surface area contributed by atoms with Gasteiger partial charge in [-0.05, 0) is 5.75 Å². The topological polar surface area (TPSA) is 39.2 Å². The van der Waals surface area contributed by atoms with Crippen LogP contribution in [0.2, 0.25) is 0 Å². The number of thiazole rings is 1. The molecule has 0 saturated heterocycles. The van der Waals surface area contributed by atoms with Gasteiger partial charge in [0.15, 0.2) is 5.69 Å². The van der Waals surface area contributed by atoms with Gasteiger partial charge < -0.3 is 4.74 Å². The first-order chi connectivity index (χ1) is 6.27. The molecule has 3 nitrogen and oxygen atoms in total. The van der Waals surface area contributed by atoms with Crippen LogP contribution in [0, 0.1) is 0 Å². The normalized spacial score (nSPS) is 10.0. The van der Waals surface area contributed by atoms with E-state index in [1.807, 2.05) is 0 Å². The molecule has 1 heterocycles. The second-order valence-electron chi connectivity index (χ2n) is 2.26. The van der Waals surface area contributed by atoms with Gasteiger partial charge in [0.25, 0.3) is 0 Å². The van der Waals surface area contributed by atoms with E-state index in [0.717, 1.165) is 16.5 Å². The molecule has 13 heavy (non-hydrogen) atoms. The zero-order valence-corrected chi connectivity index (χ0v) is 9.20. The van der Waals surface area contributed by atoms with Crippen molar-refractivity contribution in [3.8, 4) is 0 Å². The van der Waals surface area contributed by atoms with Crippen molar-refractivity contribution in [2.24, 2.45) is 0 Å². The van der Waals surface area contributed by atoms with Gasteiger partial charge in [-0.15, -0.1) is 11.3 Å². The fourth-order valence-electron chi connectivity index (χ4n) is 0.765. The fraction of sp³-hybridized carbons (Fsp3) is 0.500. The van der Waals surface area contributed by atoms with Crippen LogP contribution in [-0.2, 0) is 10.5 Å². The standard InChI is InChI=1S/C8H11NO2S2/c1-3-12-5-7-9-6(4-13-7)8(10)11-2/h4H,3,5H2,1-2H3. The van der Waals surface area contributed by atoms with Crippen molar-refractivity contribution in [2.45, 2.75) is 12.7 Å². The molecule has 0 radical (unpaired) electrons. The Morgan fingerprint density at radius 2 is 2.54 bits per heavy atom. The molecule has 0 N–H and O–H groups in total. The first-order valence-corrected chi connectivity index (χ1v) is 5.91. The Bertz CT molecular complexity index is 285. The molecule has 0 bridgehead atoms. The zero-order valence-electron chi connectivity index (χ0n) is 7.57. The number of ether oxygens (including phenoxy) is 1. The molecule has 0 aliphatic carbocycles. The van der Waals surface area contributed by atoms with Crippen LogP contribution in [0.1, 0.15) is 22.4 Å². The number of hydrogen-bond donors (Lipinski definition) is 0. The van der Waals surface area contributed by atoms with E-state index in [1.54, 1.807) is 17.1 Å². The van der Waals surface area contributed by atoms with Gasteiger partial charge in [-0.3, -0.25) is 0 Å². The van der Waals surface area contributed by atoms with Crippen LogP contribution in [0.25, 0.3) is 0 Å². The molecule has 0 aliphatic heterocycles. The predicted octanol–water partition coefficient (Wildman–Crippen LogP) is 2.18. The SMILES string of the molecule is CCSCc1nc(C(=O)OC)cs1. The molecule has 72 valence electrons. The van der Waals surface area contributed by atoms with Crippen molar-refractivity contribution in [3.63, 3.8) is 0 Å². The minimum absolute atomic E-state index is 0.357. The van der Waals surface area contributed by atoms with E-state index < -0.39 is 0 Å². The molecular weight excluding hydrogens is 206 g/mol. The maximum Gasteiger partial charge on any atom is 0.357 e. The average Bonchev–Trinajstić information content (AvgIpc) is 2.62. The second-order valence-corrected chi connectivity index (χ2v) is 4.47. The summed E-state index contributed by atoms with van der Waals surface area (Å²) in [6, 6.07) is 0. The van der Waals surface area contributed by atoms with Crippen molar-refractivity contribution in [3.05, 3.63) is 16.1 Å². The third-order valence-electron chi connectivity index (χ3n) is 1.38. The van der Waals surface area contributed by atoms with E-state index in [2.05, 4.69) is 16.6 Å². The fourth-order valence-corrected chi connectivity index (χ4v) is 2.28. The average molecular weight is 217 g/mol. The van der Waals surface area contributed by atoms with Gasteiger partial charge in [-0.25, -0.2) is 9.78 Å². The Labute approximate surface area is 85.5 Å². The van der Waals surface area contributed by atoms with Crippen LogP contribution in [0.3, 0.4) is 0 Å². The summed E-state index contributed by atoms with van der Waals surface area (Å²) in [5, 5.41) is 2.71. The molecule has 5 heteroatoms. The number of rotatable bonds is 4. The van der Waals surface area contributed by atoms with Crippen LogP contribution < -0.4 is 0 Å². The predicted molar refractivity (Wildman–Crippen MR) is 55.3 cm³/mol. The minimum atomic E-state index is -0.357. The van der Waals surface area contributed by atoms with Gasteiger partial charge in [0.2, 0.25) is 0 Å². The van der Waals surface area contributed by atoms with Crippen LogP contribution in [0.15, 0.2) is 5.38 Å². The second kappa shape index (κ2) is 5.24. The van der Waals surface area contributed by atoms with E-state index in [1.165, 1.54) is 18.4 Å². The Morgan fingerprint density at radius 3 is 3.15 bits per heavy atom. The number of hydrogen-bond acceptors (Lipinski definition) is 5. The maximum atomic E-state index is 11.0. The summed E-state index contributed by atoms with van der Waals surface area (Å²) < 4.78 is 4.55. The van der Waals surface area contributed by atoms with Crippen molar-refractivity contribution in [2.75, 3.05) is 12.9 Å². The summed E-state index contributed by atoms with van der Waals surface area (Å²) in [7, 11) is 1.36. The third-order valence-corrected chi connectivity index (χ3v) is 3.29. The number of carbonyl (C=O) groups excluding carboxylic acids is 1. The summed E-state index contributed by atoms with van der Waals surface area (Å²) >= 11 is 3.29. The zero-order chi connectivity index (χ0) is 9.68. The summed E-state index contributed by atoms with van der Waals surface area (Å²) in [5.74, 6) is 1.58. The van der Waals surface area contributed by atoms with E-state index in [0.29, 0.717) is 5.69 Å². The Hall–Kier alpha value is -0.550. The lowest BCUT2D eigenvalue weighted by Gasteiger charge is -1.92. The van der Waals surface area contributed by atoms with Crippen LogP contribution >= 0.6 is 23.1 Å². The maximum absolute atomic E-state index is 11.0. The molecule has 0 amide bonds. The largest absolute Gasteiger partial charge is 0.464 e. The smallest absolute Gasteiger partial charge is 0.357 e. The molecule has 0 fully saturated rings. The molecule has 0 spiro atoms. The highest BCUT2D eigenvalue weighted by atomic mass is 32.2. The van der Waals surface area contributed by atoms with Gasteiger partial charge in [0, 0.05) is 11.1 Å². The van der Waals surface area contributed by atoms with E-state index in [9.17, 15) is 4.79 Å². The minimum Gasteiger partial charge on any atom is -0.464 e.